The lowest BCUT2D eigenvalue weighted by molar-refractivity contribution is 0.162. The van der Waals surface area contributed by atoms with Gasteiger partial charge in [0.05, 0.1) is 0 Å². The normalized spacial score (nSPS) is 34.9. The Morgan fingerprint density at radius 2 is 2.00 bits per heavy atom. The fourth-order valence-electron chi connectivity index (χ4n) is 2.91. The van der Waals surface area contributed by atoms with Crippen LogP contribution in [0.3, 0.4) is 0 Å². The molecule has 0 aromatic carbocycles. The second kappa shape index (κ2) is 5.43. The number of hydrogen-bond donors (Lipinski definition) is 2. The standard InChI is InChI=1S/C12H24FN3/c13-10-12(14)4-1-8-16(9-5-12)11-2-6-15-7-3-11/h11,15H,1-10,14H2. The van der Waals surface area contributed by atoms with Crippen molar-refractivity contribution in [3.8, 4) is 0 Å². The van der Waals surface area contributed by atoms with Gasteiger partial charge >= 0.3 is 0 Å². The molecule has 2 aliphatic heterocycles. The van der Waals surface area contributed by atoms with Gasteiger partial charge in [0.15, 0.2) is 0 Å². The minimum atomic E-state index is -0.540. The number of halogens is 1. The van der Waals surface area contributed by atoms with E-state index in [-0.39, 0.29) is 6.67 Å². The lowest BCUT2D eigenvalue weighted by Gasteiger charge is -2.34. The van der Waals surface area contributed by atoms with E-state index in [1.54, 1.807) is 0 Å². The second-order valence-corrected chi connectivity index (χ2v) is 5.37. The number of likely N-dealkylation sites (tertiary alicyclic amines) is 1. The Labute approximate surface area is 97.6 Å². The quantitative estimate of drug-likeness (QED) is 0.739. The van der Waals surface area contributed by atoms with Gasteiger partial charge in [-0.1, -0.05) is 0 Å². The molecule has 16 heavy (non-hydrogen) atoms. The number of nitrogens with two attached hydrogens (primary N) is 1. The lowest BCUT2D eigenvalue weighted by atomic mass is 9.94. The van der Waals surface area contributed by atoms with Crippen molar-refractivity contribution in [1.82, 2.24) is 10.2 Å². The third kappa shape index (κ3) is 2.93. The first kappa shape index (κ1) is 12.3. The van der Waals surface area contributed by atoms with Crippen LogP contribution in [0.15, 0.2) is 0 Å². The van der Waals surface area contributed by atoms with Crippen LogP contribution in [0.2, 0.25) is 0 Å². The Morgan fingerprint density at radius 3 is 2.69 bits per heavy atom. The summed E-state index contributed by atoms with van der Waals surface area (Å²) >= 11 is 0. The Morgan fingerprint density at radius 1 is 1.25 bits per heavy atom. The van der Waals surface area contributed by atoms with Gasteiger partial charge in [-0.2, -0.15) is 0 Å². The first-order chi connectivity index (χ1) is 7.73. The van der Waals surface area contributed by atoms with Crippen LogP contribution >= 0.6 is 0 Å². The summed E-state index contributed by atoms with van der Waals surface area (Å²) < 4.78 is 12.9. The van der Waals surface area contributed by atoms with Crippen LogP contribution in [0.4, 0.5) is 4.39 Å². The van der Waals surface area contributed by atoms with Gasteiger partial charge in [-0.05, 0) is 51.7 Å². The van der Waals surface area contributed by atoms with Crippen molar-refractivity contribution in [2.24, 2.45) is 5.73 Å². The van der Waals surface area contributed by atoms with E-state index in [1.807, 2.05) is 0 Å². The molecule has 2 heterocycles. The fraction of sp³-hybridized carbons (Fsp3) is 1.00. The summed E-state index contributed by atoms with van der Waals surface area (Å²) in [4.78, 5) is 2.53. The minimum absolute atomic E-state index is 0.368. The molecular formula is C12H24FN3. The molecule has 2 aliphatic rings. The van der Waals surface area contributed by atoms with E-state index >= 15 is 0 Å². The molecule has 4 heteroatoms. The molecule has 94 valence electrons. The highest BCUT2D eigenvalue weighted by molar-refractivity contribution is 4.90. The summed E-state index contributed by atoms with van der Waals surface area (Å²) in [5.41, 5.74) is 5.50. The van der Waals surface area contributed by atoms with Gasteiger partial charge in [0, 0.05) is 18.1 Å². The van der Waals surface area contributed by atoms with Gasteiger partial charge in [-0.15, -0.1) is 0 Å². The van der Waals surface area contributed by atoms with E-state index in [2.05, 4.69) is 10.2 Å². The van der Waals surface area contributed by atoms with Crippen LogP contribution in [0.1, 0.15) is 32.1 Å². The lowest BCUT2D eigenvalue weighted by Crippen LogP contribution is -2.46. The Hall–Kier alpha value is -0.190. The molecule has 1 atom stereocenters. The van der Waals surface area contributed by atoms with Crippen LogP contribution < -0.4 is 11.1 Å². The second-order valence-electron chi connectivity index (χ2n) is 5.37. The Bertz CT molecular complexity index is 218. The average molecular weight is 229 g/mol. The molecule has 0 bridgehead atoms. The molecule has 0 aliphatic carbocycles. The van der Waals surface area contributed by atoms with Crippen LogP contribution in [-0.2, 0) is 0 Å². The molecule has 2 rings (SSSR count). The number of alkyl halides is 1. The molecule has 0 saturated carbocycles. The van der Waals surface area contributed by atoms with Gasteiger partial charge in [-0.25, -0.2) is 4.39 Å². The Balaban J connectivity index is 1.87. The van der Waals surface area contributed by atoms with Crippen molar-refractivity contribution in [2.45, 2.75) is 43.7 Å². The third-order valence-corrected chi connectivity index (χ3v) is 4.11. The number of rotatable bonds is 2. The van der Waals surface area contributed by atoms with Gasteiger partial charge in [-0.3, -0.25) is 0 Å². The van der Waals surface area contributed by atoms with Gasteiger partial charge in [0.1, 0.15) is 6.67 Å². The minimum Gasteiger partial charge on any atom is -0.323 e. The van der Waals surface area contributed by atoms with Crippen LogP contribution in [0.5, 0.6) is 0 Å². The maximum Gasteiger partial charge on any atom is 0.107 e. The summed E-state index contributed by atoms with van der Waals surface area (Å²) in [7, 11) is 0. The van der Waals surface area contributed by atoms with Crippen LogP contribution in [0, 0.1) is 0 Å². The first-order valence-electron chi connectivity index (χ1n) is 6.53. The molecule has 3 nitrogen and oxygen atoms in total. The van der Waals surface area contributed by atoms with Crippen LogP contribution in [-0.4, -0.2) is 49.3 Å². The topological polar surface area (TPSA) is 41.3 Å². The van der Waals surface area contributed by atoms with E-state index in [0.29, 0.717) is 6.04 Å². The largest absolute Gasteiger partial charge is 0.323 e. The summed E-state index contributed by atoms with van der Waals surface area (Å²) in [6.07, 6.45) is 5.16. The smallest absolute Gasteiger partial charge is 0.107 e. The predicted molar refractivity (Wildman–Crippen MR) is 64.2 cm³/mol. The summed E-state index contributed by atoms with van der Waals surface area (Å²) in [6.45, 7) is 3.96. The van der Waals surface area contributed by atoms with Crippen molar-refractivity contribution in [3.05, 3.63) is 0 Å². The molecule has 3 N–H and O–H groups in total. The fourth-order valence-corrected chi connectivity index (χ4v) is 2.91. The van der Waals surface area contributed by atoms with E-state index in [0.717, 1.165) is 45.4 Å². The van der Waals surface area contributed by atoms with E-state index < -0.39 is 5.54 Å². The molecule has 0 amide bonds. The van der Waals surface area contributed by atoms with Crippen LogP contribution in [0.25, 0.3) is 0 Å². The molecular weight excluding hydrogens is 205 g/mol. The third-order valence-electron chi connectivity index (χ3n) is 4.11. The van der Waals surface area contributed by atoms with E-state index in [9.17, 15) is 4.39 Å². The van der Waals surface area contributed by atoms with Gasteiger partial charge in [0.2, 0.25) is 0 Å². The van der Waals surface area contributed by atoms with Crippen molar-refractivity contribution >= 4 is 0 Å². The molecule has 2 saturated heterocycles. The highest BCUT2D eigenvalue weighted by atomic mass is 19.1. The summed E-state index contributed by atoms with van der Waals surface area (Å²) in [6, 6.07) is 0.697. The number of piperidine rings is 1. The predicted octanol–water partition coefficient (Wildman–Crippen LogP) is 0.891. The van der Waals surface area contributed by atoms with E-state index in [1.165, 1.54) is 12.8 Å². The molecule has 1 unspecified atom stereocenters. The zero-order chi connectivity index (χ0) is 11.4. The van der Waals surface area contributed by atoms with E-state index in [4.69, 9.17) is 5.73 Å². The Kier molecular flexibility index (Phi) is 4.16. The average Bonchev–Trinajstić information content (AvgIpc) is 2.53. The number of nitrogens with zero attached hydrogens (tertiary/aromatic N) is 1. The molecule has 0 radical (unpaired) electrons. The number of hydrogen-bond acceptors (Lipinski definition) is 3. The zero-order valence-corrected chi connectivity index (χ0v) is 10.1. The van der Waals surface area contributed by atoms with Crippen molar-refractivity contribution in [3.63, 3.8) is 0 Å². The summed E-state index contributed by atoms with van der Waals surface area (Å²) in [5, 5.41) is 3.39. The maximum absolute atomic E-state index is 12.9. The van der Waals surface area contributed by atoms with Crippen molar-refractivity contribution in [1.29, 1.82) is 0 Å². The monoisotopic (exact) mass is 229 g/mol. The van der Waals surface area contributed by atoms with Crippen molar-refractivity contribution < 1.29 is 4.39 Å². The molecule has 0 aromatic heterocycles. The first-order valence-corrected chi connectivity index (χ1v) is 6.53. The molecule has 0 aromatic rings. The highest BCUT2D eigenvalue weighted by Gasteiger charge is 2.31. The number of nitrogens with one attached hydrogen (secondary N) is 1. The highest BCUT2D eigenvalue weighted by Crippen LogP contribution is 2.23. The SMILES string of the molecule is NC1(CF)CCCN(C2CCNCC2)CC1. The zero-order valence-electron chi connectivity index (χ0n) is 10.1. The molecule has 2 fully saturated rings. The van der Waals surface area contributed by atoms with Gasteiger partial charge < -0.3 is 16.0 Å². The summed E-state index contributed by atoms with van der Waals surface area (Å²) in [5.74, 6) is 0. The van der Waals surface area contributed by atoms with Crippen molar-refractivity contribution in [2.75, 3.05) is 32.9 Å². The maximum atomic E-state index is 12.9. The molecule has 0 spiro atoms. The van der Waals surface area contributed by atoms with Gasteiger partial charge in [0.25, 0.3) is 0 Å².